The molecule has 0 saturated carbocycles. The van der Waals surface area contributed by atoms with Gasteiger partial charge in [0.2, 0.25) is 0 Å². The molecule has 1 rings (SSSR count). The Morgan fingerprint density at radius 1 is 1.05 bits per heavy atom. The van der Waals surface area contributed by atoms with E-state index in [9.17, 15) is 9.59 Å². The van der Waals surface area contributed by atoms with Crippen molar-refractivity contribution in [1.29, 1.82) is 0 Å². The van der Waals surface area contributed by atoms with Crippen molar-refractivity contribution < 1.29 is 19.8 Å². The fraction of sp³-hybridized carbons (Fsp3) is 0.875. The van der Waals surface area contributed by atoms with Crippen LogP contribution in [-0.4, -0.2) is 46.2 Å². The van der Waals surface area contributed by atoms with E-state index in [1.807, 2.05) is 0 Å². The molecule has 122 valence electrons. The van der Waals surface area contributed by atoms with Crippen LogP contribution in [0.5, 0.6) is 0 Å². The first kappa shape index (κ1) is 18.0. The Balaban J connectivity index is 2.39. The topological polar surface area (TPSA) is 77.8 Å². The number of rotatable bonds is 10. The summed E-state index contributed by atoms with van der Waals surface area (Å²) in [6.45, 7) is 3.93. The van der Waals surface area contributed by atoms with Crippen molar-refractivity contribution in [2.75, 3.05) is 13.1 Å². The zero-order valence-corrected chi connectivity index (χ0v) is 13.1. The second-order valence-electron chi connectivity index (χ2n) is 6.22. The van der Waals surface area contributed by atoms with E-state index in [1.165, 1.54) is 19.3 Å². The van der Waals surface area contributed by atoms with Crippen molar-refractivity contribution in [3.8, 4) is 0 Å². The molecule has 21 heavy (non-hydrogen) atoms. The lowest BCUT2D eigenvalue weighted by Crippen LogP contribution is -2.40. The van der Waals surface area contributed by atoms with Crippen molar-refractivity contribution in [3.05, 3.63) is 0 Å². The summed E-state index contributed by atoms with van der Waals surface area (Å²) in [5.41, 5.74) is 0. The smallest absolute Gasteiger partial charge is 0.306 e. The Kier molecular flexibility index (Phi) is 8.35. The molecule has 0 amide bonds. The maximum Gasteiger partial charge on any atom is 0.306 e. The van der Waals surface area contributed by atoms with Gasteiger partial charge in [-0.1, -0.05) is 26.2 Å². The van der Waals surface area contributed by atoms with E-state index in [2.05, 4.69) is 4.90 Å². The fourth-order valence-corrected chi connectivity index (χ4v) is 3.07. The molecular formula is C16H29NO4. The minimum atomic E-state index is -0.734. The van der Waals surface area contributed by atoms with E-state index < -0.39 is 11.9 Å². The summed E-state index contributed by atoms with van der Waals surface area (Å²) in [6.07, 6.45) is 8.23. The average molecular weight is 299 g/mol. The highest BCUT2D eigenvalue weighted by molar-refractivity contribution is 5.69. The van der Waals surface area contributed by atoms with Crippen LogP contribution in [0, 0.1) is 5.92 Å². The van der Waals surface area contributed by atoms with Crippen molar-refractivity contribution >= 4 is 11.9 Å². The molecule has 1 saturated heterocycles. The average Bonchev–Trinajstić information content (AvgIpc) is 2.46. The van der Waals surface area contributed by atoms with Gasteiger partial charge in [0.05, 0.1) is 5.92 Å². The molecule has 0 aliphatic carbocycles. The van der Waals surface area contributed by atoms with Gasteiger partial charge in [-0.3, -0.25) is 9.59 Å². The Morgan fingerprint density at radius 2 is 1.71 bits per heavy atom. The van der Waals surface area contributed by atoms with Crippen molar-refractivity contribution in [3.63, 3.8) is 0 Å². The van der Waals surface area contributed by atoms with Gasteiger partial charge in [0.1, 0.15) is 0 Å². The summed E-state index contributed by atoms with van der Waals surface area (Å²) in [5.74, 6) is -1.76. The highest BCUT2D eigenvalue weighted by Crippen LogP contribution is 2.22. The number of unbranched alkanes of at least 4 members (excludes halogenated alkanes) is 2. The number of carbonyl (C=O) groups is 2. The van der Waals surface area contributed by atoms with Gasteiger partial charge in [-0.05, 0) is 45.2 Å². The van der Waals surface area contributed by atoms with E-state index in [-0.39, 0.29) is 12.3 Å². The van der Waals surface area contributed by atoms with Gasteiger partial charge in [-0.2, -0.15) is 0 Å². The largest absolute Gasteiger partial charge is 0.481 e. The predicted octanol–water partition coefficient (Wildman–Crippen LogP) is 2.99. The summed E-state index contributed by atoms with van der Waals surface area (Å²) in [7, 11) is 0. The summed E-state index contributed by atoms with van der Waals surface area (Å²) in [4.78, 5) is 24.0. The number of carboxylic acid groups (broad SMARTS) is 2. The first-order chi connectivity index (χ1) is 10.0. The van der Waals surface area contributed by atoms with Gasteiger partial charge in [-0.25, -0.2) is 0 Å². The molecule has 1 aliphatic rings. The van der Waals surface area contributed by atoms with Gasteiger partial charge in [-0.15, -0.1) is 0 Å². The third kappa shape index (κ3) is 7.46. The van der Waals surface area contributed by atoms with Crippen LogP contribution < -0.4 is 0 Å². The Bertz CT molecular complexity index is 326. The molecule has 0 spiro atoms. The molecule has 5 heteroatoms. The number of carboxylic acids is 2. The Hall–Kier alpha value is -1.10. The Labute approximate surface area is 127 Å². The van der Waals surface area contributed by atoms with Gasteiger partial charge in [0.25, 0.3) is 0 Å². The van der Waals surface area contributed by atoms with Crippen LogP contribution in [0.3, 0.4) is 0 Å². The quantitative estimate of drug-likeness (QED) is 0.606. The maximum absolute atomic E-state index is 11.1. The van der Waals surface area contributed by atoms with E-state index >= 15 is 0 Å². The highest BCUT2D eigenvalue weighted by atomic mass is 16.4. The summed E-state index contributed by atoms with van der Waals surface area (Å²) < 4.78 is 0. The fourth-order valence-electron chi connectivity index (χ4n) is 3.07. The third-order valence-electron chi connectivity index (χ3n) is 4.38. The lowest BCUT2D eigenvalue weighted by Gasteiger charge is -2.35. The third-order valence-corrected chi connectivity index (χ3v) is 4.38. The number of aliphatic carboxylic acids is 2. The number of likely N-dealkylation sites (tertiary alicyclic amines) is 1. The molecule has 2 N–H and O–H groups in total. The molecule has 2 unspecified atom stereocenters. The molecule has 1 heterocycles. The number of hydrogen-bond donors (Lipinski definition) is 2. The molecule has 1 aliphatic heterocycles. The first-order valence-corrected chi connectivity index (χ1v) is 8.19. The summed E-state index contributed by atoms with van der Waals surface area (Å²) >= 11 is 0. The van der Waals surface area contributed by atoms with Crippen molar-refractivity contribution in [1.82, 2.24) is 4.90 Å². The van der Waals surface area contributed by atoms with Gasteiger partial charge in [0, 0.05) is 12.5 Å². The SMILES string of the molecule is CC(CC(CCCCCC(=O)O)N1CCCCC1)C(=O)O. The lowest BCUT2D eigenvalue weighted by molar-refractivity contribution is -0.142. The minimum absolute atomic E-state index is 0.236. The summed E-state index contributed by atoms with van der Waals surface area (Å²) in [6, 6.07) is 0.334. The normalized spacial score (nSPS) is 19.1. The molecule has 5 nitrogen and oxygen atoms in total. The van der Waals surface area contributed by atoms with E-state index in [4.69, 9.17) is 10.2 Å². The Morgan fingerprint density at radius 3 is 2.29 bits per heavy atom. The van der Waals surface area contributed by atoms with E-state index in [0.29, 0.717) is 12.5 Å². The van der Waals surface area contributed by atoms with Crippen LogP contribution in [0.25, 0.3) is 0 Å². The van der Waals surface area contributed by atoms with E-state index in [0.717, 1.165) is 38.8 Å². The van der Waals surface area contributed by atoms with Crippen LogP contribution in [0.4, 0.5) is 0 Å². The van der Waals surface area contributed by atoms with Gasteiger partial charge < -0.3 is 15.1 Å². The van der Waals surface area contributed by atoms with Crippen LogP contribution >= 0.6 is 0 Å². The zero-order valence-electron chi connectivity index (χ0n) is 13.1. The van der Waals surface area contributed by atoms with Gasteiger partial charge in [0.15, 0.2) is 0 Å². The molecule has 1 fully saturated rings. The second-order valence-corrected chi connectivity index (χ2v) is 6.22. The molecular weight excluding hydrogens is 270 g/mol. The highest BCUT2D eigenvalue weighted by Gasteiger charge is 2.24. The van der Waals surface area contributed by atoms with Gasteiger partial charge >= 0.3 is 11.9 Å². The molecule has 0 aromatic carbocycles. The second kappa shape index (κ2) is 9.77. The lowest BCUT2D eigenvalue weighted by atomic mass is 9.94. The zero-order chi connectivity index (χ0) is 15.7. The van der Waals surface area contributed by atoms with Crippen LogP contribution in [0.2, 0.25) is 0 Å². The molecule has 0 aromatic heterocycles. The maximum atomic E-state index is 11.1. The van der Waals surface area contributed by atoms with Crippen LogP contribution in [0.1, 0.15) is 64.7 Å². The molecule has 0 bridgehead atoms. The molecule has 0 radical (unpaired) electrons. The molecule has 2 atom stereocenters. The monoisotopic (exact) mass is 299 g/mol. The van der Waals surface area contributed by atoms with Crippen molar-refractivity contribution in [2.45, 2.75) is 70.8 Å². The van der Waals surface area contributed by atoms with Crippen LogP contribution in [0.15, 0.2) is 0 Å². The number of nitrogens with zero attached hydrogens (tertiary/aromatic N) is 1. The predicted molar refractivity (Wildman–Crippen MR) is 81.3 cm³/mol. The first-order valence-electron chi connectivity index (χ1n) is 8.19. The summed E-state index contributed by atoms with van der Waals surface area (Å²) in [5, 5.41) is 17.7. The van der Waals surface area contributed by atoms with Crippen molar-refractivity contribution in [2.24, 2.45) is 5.92 Å². The van der Waals surface area contributed by atoms with Crippen LogP contribution in [-0.2, 0) is 9.59 Å². The molecule has 0 aromatic rings. The minimum Gasteiger partial charge on any atom is -0.481 e. The standard InChI is InChI=1S/C16H29NO4/c1-13(16(20)21)12-14(17-10-6-3-7-11-17)8-4-2-5-9-15(18)19/h13-14H,2-12H2,1H3,(H,18,19)(H,20,21). The number of hydrogen-bond acceptors (Lipinski definition) is 3. The van der Waals surface area contributed by atoms with E-state index in [1.54, 1.807) is 6.92 Å². The number of piperidine rings is 1.